The van der Waals surface area contributed by atoms with Gasteiger partial charge < -0.3 is 15.0 Å². The van der Waals surface area contributed by atoms with Gasteiger partial charge in [0, 0.05) is 26.6 Å². The second-order valence-corrected chi connectivity index (χ2v) is 5.42. The van der Waals surface area contributed by atoms with Crippen LogP contribution < -0.4 is 10.1 Å². The molecule has 2 amide bonds. The lowest BCUT2D eigenvalue weighted by Gasteiger charge is -2.17. The zero-order valence-corrected chi connectivity index (χ0v) is 12.6. The van der Waals surface area contributed by atoms with Gasteiger partial charge in [0.2, 0.25) is 5.91 Å². The lowest BCUT2D eigenvalue weighted by atomic mass is 10.1. The van der Waals surface area contributed by atoms with Gasteiger partial charge in [0.1, 0.15) is 10.9 Å². The molecule has 0 bridgehead atoms. The summed E-state index contributed by atoms with van der Waals surface area (Å²) in [5, 5.41) is 3.16. The van der Waals surface area contributed by atoms with Crippen molar-refractivity contribution in [3.05, 3.63) is 23.5 Å². The zero-order chi connectivity index (χ0) is 15.2. The van der Waals surface area contributed by atoms with E-state index >= 15 is 0 Å². The molecule has 1 unspecified atom stereocenters. The van der Waals surface area contributed by atoms with Crippen molar-refractivity contribution in [1.82, 2.24) is 15.2 Å². The fraction of sp³-hybridized carbons (Fsp3) is 0.500. The van der Waals surface area contributed by atoms with E-state index in [9.17, 15) is 9.59 Å². The summed E-state index contributed by atoms with van der Waals surface area (Å²) in [4.78, 5) is 28.6. The molecule has 6 nitrogen and oxygen atoms in total. The average molecular weight is 312 g/mol. The Balaban J connectivity index is 1.74. The fourth-order valence-corrected chi connectivity index (χ4v) is 2.31. The molecule has 0 saturated carbocycles. The molecule has 114 valence electrons. The van der Waals surface area contributed by atoms with Gasteiger partial charge in [0.05, 0.1) is 6.20 Å². The highest BCUT2D eigenvalue weighted by atomic mass is 35.5. The Labute approximate surface area is 128 Å². The van der Waals surface area contributed by atoms with Crippen LogP contribution in [0.25, 0.3) is 0 Å². The minimum absolute atomic E-state index is 0.0177. The van der Waals surface area contributed by atoms with Gasteiger partial charge in [-0.05, 0) is 24.5 Å². The van der Waals surface area contributed by atoms with Crippen LogP contribution in [0.15, 0.2) is 18.3 Å². The highest BCUT2D eigenvalue weighted by Gasteiger charge is 2.26. The van der Waals surface area contributed by atoms with Crippen LogP contribution in [0.2, 0.25) is 5.15 Å². The Morgan fingerprint density at radius 1 is 1.52 bits per heavy atom. The molecule has 0 aliphatic carbocycles. The molecule has 1 aromatic rings. The van der Waals surface area contributed by atoms with Crippen LogP contribution in [0, 0.1) is 5.92 Å². The third-order valence-corrected chi connectivity index (χ3v) is 3.56. The molecule has 0 spiro atoms. The largest absolute Gasteiger partial charge is 0.482 e. The summed E-state index contributed by atoms with van der Waals surface area (Å²) in [6.45, 7) is 3.44. The van der Waals surface area contributed by atoms with Gasteiger partial charge in [-0.2, -0.15) is 0 Å². The van der Waals surface area contributed by atoms with E-state index in [1.807, 2.05) is 0 Å². The minimum Gasteiger partial charge on any atom is -0.482 e. The summed E-state index contributed by atoms with van der Waals surface area (Å²) in [7, 11) is 0. The van der Waals surface area contributed by atoms with E-state index in [-0.39, 0.29) is 18.4 Å². The predicted octanol–water partition coefficient (Wildman–Crippen LogP) is 1.10. The third-order valence-electron chi connectivity index (χ3n) is 3.34. The van der Waals surface area contributed by atoms with Crippen molar-refractivity contribution in [1.29, 1.82) is 0 Å². The van der Waals surface area contributed by atoms with Gasteiger partial charge in [-0.15, -0.1) is 0 Å². The second-order valence-electron chi connectivity index (χ2n) is 5.04. The van der Waals surface area contributed by atoms with Crippen LogP contribution in [0.3, 0.4) is 0 Å². The number of halogens is 1. The average Bonchev–Trinajstić information content (AvgIpc) is 2.93. The number of nitrogens with one attached hydrogen (secondary N) is 1. The molecule has 21 heavy (non-hydrogen) atoms. The first-order valence-electron chi connectivity index (χ1n) is 6.81. The highest BCUT2D eigenvalue weighted by Crippen LogP contribution is 2.16. The maximum atomic E-state index is 12.0. The van der Waals surface area contributed by atoms with Crippen LogP contribution >= 0.6 is 11.6 Å². The number of carbonyl (C=O) groups excluding carboxylic acids is 2. The lowest BCUT2D eigenvalue weighted by molar-refractivity contribution is -0.132. The topological polar surface area (TPSA) is 71.5 Å². The highest BCUT2D eigenvalue weighted by molar-refractivity contribution is 6.29. The van der Waals surface area contributed by atoms with Crippen molar-refractivity contribution in [2.45, 2.75) is 13.3 Å². The Bertz CT molecular complexity index is 507. The van der Waals surface area contributed by atoms with E-state index in [4.69, 9.17) is 16.3 Å². The van der Waals surface area contributed by atoms with Crippen molar-refractivity contribution in [3.63, 3.8) is 0 Å². The maximum Gasteiger partial charge on any atom is 0.260 e. The van der Waals surface area contributed by atoms with Crippen LogP contribution in [-0.4, -0.2) is 47.9 Å². The number of hydrogen-bond donors (Lipinski definition) is 1. The summed E-state index contributed by atoms with van der Waals surface area (Å²) < 4.78 is 5.39. The number of carbonyl (C=O) groups is 2. The number of pyridine rings is 1. The molecule has 1 fully saturated rings. The lowest BCUT2D eigenvalue weighted by Crippen LogP contribution is -2.34. The Kier molecular flexibility index (Phi) is 5.38. The predicted molar refractivity (Wildman–Crippen MR) is 78.1 cm³/mol. The molecular weight excluding hydrogens is 294 g/mol. The van der Waals surface area contributed by atoms with E-state index in [0.717, 1.165) is 6.42 Å². The standard InChI is InChI=1S/C14H18ClN3O3/c1-10(19)16-6-11-4-5-18(8-11)14(20)9-21-12-2-3-13(15)17-7-12/h2-3,7,11H,4-6,8-9H2,1H3,(H,16,19). The van der Waals surface area contributed by atoms with Gasteiger partial charge in [-0.25, -0.2) is 4.98 Å². The number of ether oxygens (including phenoxy) is 1. The van der Waals surface area contributed by atoms with E-state index < -0.39 is 0 Å². The molecule has 2 rings (SSSR count). The molecule has 1 aromatic heterocycles. The van der Waals surface area contributed by atoms with Gasteiger partial charge in [0.25, 0.3) is 5.91 Å². The molecule has 7 heteroatoms. The third kappa shape index (κ3) is 4.90. The molecule has 0 aromatic carbocycles. The second kappa shape index (κ2) is 7.26. The van der Waals surface area contributed by atoms with Crippen molar-refractivity contribution >= 4 is 23.4 Å². The number of hydrogen-bond acceptors (Lipinski definition) is 4. The molecule has 0 radical (unpaired) electrons. The van der Waals surface area contributed by atoms with Crippen LogP contribution in [0.4, 0.5) is 0 Å². The summed E-state index contributed by atoms with van der Waals surface area (Å²) in [5.41, 5.74) is 0. The number of nitrogens with zero attached hydrogens (tertiary/aromatic N) is 2. The monoisotopic (exact) mass is 311 g/mol. The summed E-state index contributed by atoms with van der Waals surface area (Å²) >= 11 is 5.67. The van der Waals surface area contributed by atoms with Gasteiger partial charge in [-0.3, -0.25) is 9.59 Å². The number of aromatic nitrogens is 1. The fourth-order valence-electron chi connectivity index (χ4n) is 2.20. The number of likely N-dealkylation sites (tertiary alicyclic amines) is 1. The van der Waals surface area contributed by atoms with Gasteiger partial charge >= 0.3 is 0 Å². The van der Waals surface area contributed by atoms with Crippen LogP contribution in [0.5, 0.6) is 5.75 Å². The number of rotatable bonds is 5. The first-order chi connectivity index (χ1) is 10.0. The van der Waals surface area contributed by atoms with Crippen LogP contribution in [-0.2, 0) is 9.59 Å². The Morgan fingerprint density at radius 3 is 3.00 bits per heavy atom. The zero-order valence-electron chi connectivity index (χ0n) is 11.8. The first kappa shape index (κ1) is 15.6. The van der Waals surface area contributed by atoms with Crippen molar-refractivity contribution in [2.75, 3.05) is 26.2 Å². The van der Waals surface area contributed by atoms with E-state index in [2.05, 4.69) is 10.3 Å². The van der Waals surface area contributed by atoms with E-state index in [0.29, 0.717) is 36.5 Å². The normalized spacial score (nSPS) is 17.6. The molecule has 1 atom stereocenters. The van der Waals surface area contributed by atoms with Gasteiger partial charge in [-0.1, -0.05) is 11.6 Å². The van der Waals surface area contributed by atoms with Crippen molar-refractivity contribution < 1.29 is 14.3 Å². The Hall–Kier alpha value is -1.82. The first-order valence-corrected chi connectivity index (χ1v) is 7.19. The SMILES string of the molecule is CC(=O)NCC1CCN(C(=O)COc2ccc(Cl)nc2)C1. The number of amides is 2. The van der Waals surface area contributed by atoms with E-state index in [1.54, 1.807) is 17.0 Å². The molecule has 1 saturated heterocycles. The molecule has 1 aliphatic rings. The van der Waals surface area contributed by atoms with Crippen molar-refractivity contribution in [2.24, 2.45) is 5.92 Å². The maximum absolute atomic E-state index is 12.0. The smallest absolute Gasteiger partial charge is 0.260 e. The van der Waals surface area contributed by atoms with Gasteiger partial charge in [0.15, 0.2) is 6.61 Å². The minimum atomic E-state index is -0.0599. The quantitative estimate of drug-likeness (QED) is 0.827. The van der Waals surface area contributed by atoms with Crippen LogP contribution in [0.1, 0.15) is 13.3 Å². The summed E-state index contributed by atoms with van der Waals surface area (Å²) in [6, 6.07) is 3.28. The molecular formula is C14H18ClN3O3. The molecule has 1 N–H and O–H groups in total. The molecule has 1 aliphatic heterocycles. The van der Waals surface area contributed by atoms with E-state index in [1.165, 1.54) is 13.1 Å². The van der Waals surface area contributed by atoms with Crippen molar-refractivity contribution in [3.8, 4) is 5.75 Å². The summed E-state index contributed by atoms with van der Waals surface area (Å²) in [6.07, 6.45) is 2.38. The molecule has 2 heterocycles. The Morgan fingerprint density at radius 2 is 2.33 bits per heavy atom. The summed E-state index contributed by atoms with van der Waals surface area (Å²) in [5.74, 6) is 0.727.